The summed E-state index contributed by atoms with van der Waals surface area (Å²) in [6.07, 6.45) is 4.97. The largest absolute Gasteiger partial charge is 0.480 e. The molecule has 3 N–H and O–H groups in total. The van der Waals surface area contributed by atoms with Crippen LogP contribution in [0.15, 0.2) is 18.3 Å². The first-order valence-electron chi connectivity index (χ1n) is 10.5. The van der Waals surface area contributed by atoms with Crippen LogP contribution in [0, 0.1) is 11.6 Å². The minimum atomic E-state index is -2.38. The number of piperidine rings is 1. The number of hydrogen-bond acceptors (Lipinski definition) is 7. The molecule has 8 nitrogen and oxygen atoms in total. The molecule has 0 spiro atoms. The van der Waals surface area contributed by atoms with Crippen LogP contribution in [0.4, 0.5) is 14.6 Å². The predicted molar refractivity (Wildman–Crippen MR) is 115 cm³/mol. The molecule has 2 fully saturated rings. The molecule has 1 aliphatic carbocycles. The zero-order valence-corrected chi connectivity index (χ0v) is 17.2. The van der Waals surface area contributed by atoms with Gasteiger partial charge in [-0.25, -0.2) is 23.3 Å². The first-order chi connectivity index (χ1) is 15.3. The molecule has 0 aromatic carbocycles. The Morgan fingerprint density at radius 2 is 2.03 bits per heavy atom. The molecule has 1 aliphatic heterocycles. The molecule has 3 aromatic heterocycles. The van der Waals surface area contributed by atoms with Crippen LogP contribution in [0.5, 0.6) is 5.75 Å². The van der Waals surface area contributed by atoms with Crippen molar-refractivity contribution >= 4 is 27.2 Å². The van der Waals surface area contributed by atoms with Crippen molar-refractivity contribution in [1.82, 2.24) is 24.9 Å². The summed E-state index contributed by atoms with van der Waals surface area (Å²) in [4.78, 5) is 8.47. The van der Waals surface area contributed by atoms with Gasteiger partial charge in [-0.3, -0.25) is 0 Å². The number of ether oxygens (including phenoxy) is 1. The third-order valence-corrected chi connectivity index (χ3v) is 5.53. The maximum atomic E-state index is 14.8. The molecular formula is C20H20B2F2N6O2. The number of rotatable bonds is 6. The molecule has 32 heavy (non-hydrogen) atoms. The minimum Gasteiger partial charge on any atom is -0.480 e. The number of nitrogens with one attached hydrogen (secondary N) is 2. The van der Waals surface area contributed by atoms with Crippen LogP contribution >= 0.6 is 0 Å². The Labute approximate surface area is 185 Å². The van der Waals surface area contributed by atoms with Crippen LogP contribution in [0.1, 0.15) is 37.3 Å². The summed E-state index contributed by atoms with van der Waals surface area (Å²) in [5, 5.41) is 20.5. The summed E-state index contributed by atoms with van der Waals surface area (Å²) in [5.41, 5.74) is -1.38. The highest BCUT2D eigenvalue weighted by Crippen LogP contribution is 2.44. The van der Waals surface area contributed by atoms with E-state index in [1.165, 1.54) is 16.8 Å². The number of nitrogens with zero attached hydrogens (tertiary/aromatic N) is 4. The van der Waals surface area contributed by atoms with Crippen LogP contribution in [0.2, 0.25) is 0 Å². The molecule has 0 bridgehead atoms. The SMILES string of the molecule is [B]C([B])(O)Oc1cc2ncc(-c3nc(NC4CCCNC4)c(F)cc3F)n2nc1C1CC1. The van der Waals surface area contributed by atoms with Gasteiger partial charge < -0.3 is 20.5 Å². The summed E-state index contributed by atoms with van der Waals surface area (Å²) in [6.45, 7) is 1.59. The monoisotopic (exact) mass is 436 g/mol. The Morgan fingerprint density at radius 1 is 1.22 bits per heavy atom. The second-order valence-electron chi connectivity index (χ2n) is 8.27. The number of fused-ring (bicyclic) bond motifs is 1. The van der Waals surface area contributed by atoms with Gasteiger partial charge in [0.05, 0.1) is 6.20 Å². The minimum absolute atomic E-state index is 0.00294. The van der Waals surface area contributed by atoms with Crippen molar-refractivity contribution in [1.29, 1.82) is 0 Å². The zero-order chi connectivity index (χ0) is 22.5. The molecule has 2 aliphatic rings. The van der Waals surface area contributed by atoms with E-state index in [2.05, 4.69) is 25.7 Å². The normalized spacial score (nSPS) is 19.3. The summed E-state index contributed by atoms with van der Waals surface area (Å²) in [6, 6.07) is 2.32. The first kappa shape index (κ1) is 21.1. The van der Waals surface area contributed by atoms with Gasteiger partial charge >= 0.3 is 0 Å². The van der Waals surface area contributed by atoms with Crippen LogP contribution in [-0.4, -0.2) is 65.1 Å². The van der Waals surface area contributed by atoms with Crippen LogP contribution < -0.4 is 15.4 Å². The molecule has 1 atom stereocenters. The number of halogens is 2. The number of imidazole rings is 1. The van der Waals surface area contributed by atoms with E-state index < -0.39 is 17.2 Å². The summed E-state index contributed by atoms with van der Waals surface area (Å²) in [5.74, 6) is -1.33. The molecule has 1 unspecified atom stereocenters. The predicted octanol–water partition coefficient (Wildman–Crippen LogP) is 1.43. The van der Waals surface area contributed by atoms with Crippen molar-refractivity contribution in [2.24, 2.45) is 0 Å². The number of anilines is 1. The fourth-order valence-electron chi connectivity index (χ4n) is 3.89. The first-order valence-corrected chi connectivity index (χ1v) is 10.5. The van der Waals surface area contributed by atoms with Crippen molar-refractivity contribution in [2.45, 2.75) is 43.2 Å². The van der Waals surface area contributed by atoms with Crippen molar-refractivity contribution in [3.8, 4) is 17.1 Å². The van der Waals surface area contributed by atoms with E-state index >= 15 is 0 Å². The summed E-state index contributed by atoms with van der Waals surface area (Å²) < 4.78 is 35.9. The molecule has 3 aromatic rings. The second-order valence-corrected chi connectivity index (χ2v) is 8.27. The quantitative estimate of drug-likeness (QED) is 0.398. The van der Waals surface area contributed by atoms with Crippen molar-refractivity contribution < 1.29 is 18.6 Å². The van der Waals surface area contributed by atoms with E-state index in [9.17, 15) is 13.9 Å². The summed E-state index contributed by atoms with van der Waals surface area (Å²) >= 11 is 0. The lowest BCUT2D eigenvalue weighted by Gasteiger charge is -2.24. The third-order valence-electron chi connectivity index (χ3n) is 5.53. The molecule has 0 amide bonds. The van der Waals surface area contributed by atoms with Crippen LogP contribution in [0.3, 0.4) is 0 Å². The summed E-state index contributed by atoms with van der Waals surface area (Å²) in [7, 11) is 10.7. The van der Waals surface area contributed by atoms with Gasteiger partial charge in [-0.1, -0.05) is 0 Å². The Hall–Kier alpha value is -2.72. The number of pyridine rings is 1. The highest BCUT2D eigenvalue weighted by atomic mass is 19.1. The molecule has 12 heteroatoms. The third kappa shape index (κ3) is 4.29. The Kier molecular flexibility index (Phi) is 5.29. The highest BCUT2D eigenvalue weighted by Gasteiger charge is 2.32. The van der Waals surface area contributed by atoms with Gasteiger partial charge in [-0.2, -0.15) is 5.10 Å². The molecule has 1 saturated heterocycles. The lowest BCUT2D eigenvalue weighted by Crippen LogP contribution is -2.38. The van der Waals surface area contributed by atoms with E-state index in [1.807, 2.05) is 0 Å². The van der Waals surface area contributed by atoms with Crippen LogP contribution in [-0.2, 0) is 0 Å². The molecule has 162 valence electrons. The number of aliphatic hydroxyl groups is 1. The van der Waals surface area contributed by atoms with Crippen molar-refractivity contribution in [2.75, 3.05) is 18.4 Å². The lowest BCUT2D eigenvalue weighted by molar-refractivity contribution is 0.0116. The average molecular weight is 436 g/mol. The van der Waals surface area contributed by atoms with Gasteiger partial charge in [0.15, 0.2) is 38.8 Å². The second kappa shape index (κ2) is 8.00. The Balaban J connectivity index is 1.55. The molecule has 4 heterocycles. The van der Waals surface area contributed by atoms with Gasteiger partial charge in [0.25, 0.3) is 0 Å². The van der Waals surface area contributed by atoms with Gasteiger partial charge in [0, 0.05) is 30.6 Å². The number of hydrogen-bond donors (Lipinski definition) is 3. The van der Waals surface area contributed by atoms with E-state index in [1.54, 1.807) is 0 Å². The maximum Gasteiger partial charge on any atom is 0.168 e. The van der Waals surface area contributed by atoms with Gasteiger partial charge in [-0.05, 0) is 32.2 Å². The van der Waals surface area contributed by atoms with Gasteiger partial charge in [0.1, 0.15) is 28.4 Å². The fraction of sp³-hybridized carbons (Fsp3) is 0.450. The van der Waals surface area contributed by atoms with E-state index in [0.29, 0.717) is 17.9 Å². The van der Waals surface area contributed by atoms with E-state index in [0.717, 1.165) is 38.3 Å². The fourth-order valence-corrected chi connectivity index (χ4v) is 3.89. The van der Waals surface area contributed by atoms with E-state index in [4.69, 9.17) is 20.4 Å². The smallest absolute Gasteiger partial charge is 0.168 e. The molecule has 4 radical (unpaired) electrons. The standard InChI is InChI=1S/C20H20B2F2N6O2/c21-20(22,31)32-15-7-16-26-9-14(30(16)29-17(15)10-3-4-10)18-12(23)6-13(24)19(28-18)27-11-2-1-5-25-8-11/h6-7,9-11,25,31H,1-5,8H2,(H,27,28). The number of aromatic nitrogens is 4. The van der Waals surface area contributed by atoms with Gasteiger partial charge in [0.2, 0.25) is 0 Å². The van der Waals surface area contributed by atoms with Crippen LogP contribution in [0.25, 0.3) is 17.0 Å². The van der Waals surface area contributed by atoms with Crippen molar-refractivity contribution in [3.05, 3.63) is 35.7 Å². The topological polar surface area (TPSA) is 96.6 Å². The lowest BCUT2D eigenvalue weighted by atomic mass is 9.76. The molecule has 1 saturated carbocycles. The molecular weight excluding hydrogens is 416 g/mol. The highest BCUT2D eigenvalue weighted by molar-refractivity contribution is 6.37. The van der Waals surface area contributed by atoms with Crippen molar-refractivity contribution in [3.63, 3.8) is 0 Å². The molecule has 5 rings (SSSR count). The Morgan fingerprint density at radius 3 is 2.72 bits per heavy atom. The maximum absolute atomic E-state index is 14.8. The zero-order valence-electron chi connectivity index (χ0n) is 17.2. The Bertz CT molecular complexity index is 1160. The van der Waals surface area contributed by atoms with E-state index in [-0.39, 0.29) is 34.9 Å². The van der Waals surface area contributed by atoms with Gasteiger partial charge in [-0.15, -0.1) is 0 Å². The average Bonchev–Trinajstić information content (AvgIpc) is 3.50.